The minimum atomic E-state index is -0.418. The summed E-state index contributed by atoms with van der Waals surface area (Å²) in [5.41, 5.74) is 10.0. The lowest BCUT2D eigenvalue weighted by molar-refractivity contribution is 0.0603. The SMILES string of the molecule is COC(=O)c1c(-c2ccc(C)cc2)cc2ccccc2c1N. The van der Waals surface area contributed by atoms with Gasteiger partial charge in [0.25, 0.3) is 0 Å². The lowest BCUT2D eigenvalue weighted by Crippen LogP contribution is -2.08. The lowest BCUT2D eigenvalue weighted by Gasteiger charge is -2.14. The second kappa shape index (κ2) is 5.53. The molecule has 0 aliphatic heterocycles. The van der Waals surface area contributed by atoms with Gasteiger partial charge in [-0.2, -0.15) is 0 Å². The number of hydrogen-bond acceptors (Lipinski definition) is 3. The Balaban J connectivity index is 2.36. The van der Waals surface area contributed by atoms with Crippen LogP contribution in [0.1, 0.15) is 15.9 Å². The molecule has 0 saturated heterocycles. The van der Waals surface area contributed by atoms with Gasteiger partial charge in [0, 0.05) is 5.39 Å². The number of rotatable bonds is 2. The van der Waals surface area contributed by atoms with Crippen molar-refractivity contribution >= 4 is 22.4 Å². The molecule has 0 atom stereocenters. The van der Waals surface area contributed by atoms with Crippen molar-refractivity contribution < 1.29 is 9.53 Å². The molecule has 0 saturated carbocycles. The van der Waals surface area contributed by atoms with Crippen LogP contribution in [0.15, 0.2) is 54.6 Å². The quantitative estimate of drug-likeness (QED) is 0.569. The van der Waals surface area contributed by atoms with Crippen LogP contribution in [-0.2, 0) is 4.74 Å². The first kappa shape index (κ1) is 14.1. The number of fused-ring (bicyclic) bond motifs is 1. The van der Waals surface area contributed by atoms with E-state index in [-0.39, 0.29) is 0 Å². The van der Waals surface area contributed by atoms with Gasteiger partial charge in [0.15, 0.2) is 0 Å². The van der Waals surface area contributed by atoms with Crippen molar-refractivity contribution in [2.24, 2.45) is 0 Å². The second-order valence-electron chi connectivity index (χ2n) is 5.29. The zero-order valence-corrected chi connectivity index (χ0v) is 12.6. The van der Waals surface area contributed by atoms with E-state index in [9.17, 15) is 4.79 Å². The van der Waals surface area contributed by atoms with Crippen molar-refractivity contribution in [1.82, 2.24) is 0 Å². The van der Waals surface area contributed by atoms with Gasteiger partial charge in [0.2, 0.25) is 0 Å². The summed E-state index contributed by atoms with van der Waals surface area (Å²) < 4.78 is 4.93. The molecule has 0 radical (unpaired) electrons. The third-order valence-corrected chi connectivity index (χ3v) is 3.84. The Hall–Kier alpha value is -2.81. The highest BCUT2D eigenvalue weighted by Crippen LogP contribution is 2.35. The van der Waals surface area contributed by atoms with Crippen molar-refractivity contribution in [1.29, 1.82) is 0 Å². The maximum Gasteiger partial charge on any atom is 0.340 e. The van der Waals surface area contributed by atoms with Crippen molar-refractivity contribution in [3.8, 4) is 11.1 Å². The minimum Gasteiger partial charge on any atom is -0.465 e. The molecule has 0 aliphatic carbocycles. The number of ether oxygens (including phenoxy) is 1. The van der Waals surface area contributed by atoms with Gasteiger partial charge in [-0.3, -0.25) is 0 Å². The largest absolute Gasteiger partial charge is 0.465 e. The molecule has 110 valence electrons. The van der Waals surface area contributed by atoms with Crippen molar-refractivity contribution in [3.05, 3.63) is 65.7 Å². The third kappa shape index (κ3) is 2.31. The Morgan fingerprint density at radius 2 is 1.73 bits per heavy atom. The van der Waals surface area contributed by atoms with Crippen LogP contribution in [-0.4, -0.2) is 13.1 Å². The van der Waals surface area contributed by atoms with Gasteiger partial charge in [-0.15, -0.1) is 0 Å². The predicted molar refractivity (Wildman–Crippen MR) is 89.9 cm³/mol. The normalized spacial score (nSPS) is 10.6. The molecule has 0 aromatic heterocycles. The standard InChI is InChI=1S/C19H17NO2/c1-12-7-9-13(10-8-12)16-11-14-5-3-4-6-15(14)18(20)17(16)19(21)22-2/h3-11H,20H2,1-2H3. The van der Waals surface area contributed by atoms with Gasteiger partial charge in [0.05, 0.1) is 18.4 Å². The number of esters is 1. The van der Waals surface area contributed by atoms with Gasteiger partial charge < -0.3 is 10.5 Å². The maximum atomic E-state index is 12.2. The zero-order valence-electron chi connectivity index (χ0n) is 12.6. The van der Waals surface area contributed by atoms with E-state index in [0.29, 0.717) is 11.3 Å². The van der Waals surface area contributed by atoms with Crippen molar-refractivity contribution in [2.75, 3.05) is 12.8 Å². The van der Waals surface area contributed by atoms with Gasteiger partial charge in [-0.25, -0.2) is 4.79 Å². The highest BCUT2D eigenvalue weighted by Gasteiger charge is 2.19. The Kier molecular flexibility index (Phi) is 3.55. The summed E-state index contributed by atoms with van der Waals surface area (Å²) in [6.45, 7) is 2.03. The molecule has 0 aliphatic rings. The molecule has 3 aromatic rings. The highest BCUT2D eigenvalue weighted by atomic mass is 16.5. The third-order valence-electron chi connectivity index (χ3n) is 3.84. The van der Waals surface area contributed by atoms with Crippen LogP contribution in [0.2, 0.25) is 0 Å². The Morgan fingerprint density at radius 3 is 2.41 bits per heavy atom. The molecular weight excluding hydrogens is 274 g/mol. The van der Waals surface area contributed by atoms with E-state index in [1.165, 1.54) is 7.11 Å². The first-order valence-electron chi connectivity index (χ1n) is 7.08. The van der Waals surface area contributed by atoms with E-state index in [4.69, 9.17) is 10.5 Å². The molecule has 0 spiro atoms. The fraction of sp³-hybridized carbons (Fsp3) is 0.105. The van der Waals surface area contributed by atoms with Crippen LogP contribution >= 0.6 is 0 Å². The van der Waals surface area contributed by atoms with Crippen LogP contribution in [0.3, 0.4) is 0 Å². The number of anilines is 1. The van der Waals surface area contributed by atoms with Crippen molar-refractivity contribution in [2.45, 2.75) is 6.92 Å². The number of methoxy groups -OCH3 is 1. The van der Waals surface area contributed by atoms with Gasteiger partial charge in [0.1, 0.15) is 0 Å². The maximum absolute atomic E-state index is 12.2. The number of hydrogen-bond donors (Lipinski definition) is 1. The van der Waals surface area contributed by atoms with E-state index < -0.39 is 5.97 Å². The summed E-state index contributed by atoms with van der Waals surface area (Å²) >= 11 is 0. The molecule has 0 fully saturated rings. The van der Waals surface area contributed by atoms with E-state index in [0.717, 1.165) is 27.5 Å². The summed E-state index contributed by atoms with van der Waals surface area (Å²) in [6, 6.07) is 17.8. The first-order chi connectivity index (χ1) is 10.6. The van der Waals surface area contributed by atoms with Crippen molar-refractivity contribution in [3.63, 3.8) is 0 Å². The molecule has 0 unspecified atom stereocenters. The fourth-order valence-corrected chi connectivity index (χ4v) is 2.66. The predicted octanol–water partition coefficient (Wildman–Crippen LogP) is 4.18. The number of nitrogens with two attached hydrogens (primary N) is 1. The highest BCUT2D eigenvalue weighted by molar-refractivity contribution is 6.11. The lowest BCUT2D eigenvalue weighted by atomic mass is 9.93. The zero-order chi connectivity index (χ0) is 15.7. The fourth-order valence-electron chi connectivity index (χ4n) is 2.66. The van der Waals surface area contributed by atoms with E-state index >= 15 is 0 Å². The van der Waals surface area contributed by atoms with Crippen LogP contribution < -0.4 is 5.73 Å². The van der Waals surface area contributed by atoms with Crippen LogP contribution in [0.4, 0.5) is 5.69 Å². The minimum absolute atomic E-state index is 0.418. The number of aryl methyl sites for hydroxylation is 1. The second-order valence-corrected chi connectivity index (χ2v) is 5.29. The molecule has 0 amide bonds. The molecule has 2 N–H and O–H groups in total. The van der Waals surface area contributed by atoms with Gasteiger partial charge in [-0.05, 0) is 29.5 Å². The number of nitrogen functional groups attached to an aromatic ring is 1. The molecule has 0 heterocycles. The van der Waals surface area contributed by atoms with E-state index in [2.05, 4.69) is 0 Å². The number of carbonyl (C=O) groups excluding carboxylic acids is 1. The Bertz CT molecular complexity index is 851. The molecule has 3 heteroatoms. The average Bonchev–Trinajstić information content (AvgIpc) is 2.55. The van der Waals surface area contributed by atoms with Crippen LogP contribution in [0.5, 0.6) is 0 Å². The monoisotopic (exact) mass is 291 g/mol. The topological polar surface area (TPSA) is 52.3 Å². The van der Waals surface area contributed by atoms with E-state index in [1.807, 2.05) is 61.5 Å². The number of benzene rings is 3. The summed E-state index contributed by atoms with van der Waals surface area (Å²) in [6.07, 6.45) is 0. The Morgan fingerprint density at radius 1 is 1.05 bits per heavy atom. The smallest absolute Gasteiger partial charge is 0.340 e. The molecule has 3 nitrogen and oxygen atoms in total. The Labute approximate surface area is 129 Å². The molecule has 3 rings (SSSR count). The summed E-state index contributed by atoms with van der Waals surface area (Å²) in [7, 11) is 1.37. The van der Waals surface area contributed by atoms with Gasteiger partial charge >= 0.3 is 5.97 Å². The average molecular weight is 291 g/mol. The summed E-state index contributed by atoms with van der Waals surface area (Å²) in [5.74, 6) is -0.418. The van der Waals surface area contributed by atoms with Crippen LogP contribution in [0, 0.1) is 6.92 Å². The van der Waals surface area contributed by atoms with Crippen LogP contribution in [0.25, 0.3) is 21.9 Å². The molecule has 0 bridgehead atoms. The molecule has 3 aromatic carbocycles. The summed E-state index contributed by atoms with van der Waals surface area (Å²) in [5, 5.41) is 1.86. The van der Waals surface area contributed by atoms with E-state index in [1.54, 1.807) is 0 Å². The van der Waals surface area contributed by atoms with Gasteiger partial charge in [-0.1, -0.05) is 54.1 Å². The molecular formula is C19H17NO2. The number of carbonyl (C=O) groups is 1. The summed E-state index contributed by atoms with van der Waals surface area (Å²) in [4.78, 5) is 12.2. The first-order valence-corrected chi connectivity index (χ1v) is 7.08. The molecule has 22 heavy (non-hydrogen) atoms.